The van der Waals surface area contributed by atoms with E-state index in [-0.39, 0.29) is 0 Å². The molecule has 0 unspecified atom stereocenters. The standard InChI is InChI=1S/C21H27N5/c1-15(2)26(14-17-9-5-4-6-10-17)20-18-13-16(3)22-19(18)23-21(24-20)25-11-7-8-12-25/h4-6,9-10,13,15H,7-8,11-12,14H2,1-3H3,(H,22,23,24). The Kier molecular flexibility index (Phi) is 4.53. The number of hydrogen-bond acceptors (Lipinski definition) is 4. The number of anilines is 2. The maximum Gasteiger partial charge on any atom is 0.229 e. The highest BCUT2D eigenvalue weighted by molar-refractivity contribution is 5.89. The normalized spacial score (nSPS) is 14.5. The number of aryl methyl sites for hydroxylation is 1. The summed E-state index contributed by atoms with van der Waals surface area (Å²) in [7, 11) is 0. The molecule has 0 bridgehead atoms. The van der Waals surface area contributed by atoms with Crippen molar-refractivity contribution in [3.8, 4) is 0 Å². The van der Waals surface area contributed by atoms with Gasteiger partial charge in [-0.25, -0.2) is 0 Å². The minimum Gasteiger partial charge on any atom is -0.349 e. The van der Waals surface area contributed by atoms with Crippen LogP contribution in [0.5, 0.6) is 0 Å². The van der Waals surface area contributed by atoms with Crippen molar-refractivity contribution in [2.45, 2.75) is 46.2 Å². The second-order valence-electron chi connectivity index (χ2n) is 7.46. The zero-order valence-electron chi connectivity index (χ0n) is 15.9. The van der Waals surface area contributed by atoms with Gasteiger partial charge in [-0.05, 0) is 45.2 Å². The molecular weight excluding hydrogens is 322 g/mol. The van der Waals surface area contributed by atoms with Gasteiger partial charge in [-0.1, -0.05) is 30.3 Å². The van der Waals surface area contributed by atoms with E-state index in [4.69, 9.17) is 9.97 Å². The summed E-state index contributed by atoms with van der Waals surface area (Å²) in [5.74, 6) is 1.88. The van der Waals surface area contributed by atoms with Crippen LogP contribution in [0.4, 0.5) is 11.8 Å². The Labute approximate surface area is 155 Å². The Hall–Kier alpha value is -2.56. The van der Waals surface area contributed by atoms with Crippen molar-refractivity contribution >= 4 is 22.8 Å². The van der Waals surface area contributed by atoms with Crippen molar-refractivity contribution in [3.05, 3.63) is 47.7 Å². The summed E-state index contributed by atoms with van der Waals surface area (Å²) < 4.78 is 0. The molecule has 1 N–H and O–H groups in total. The fraction of sp³-hybridized carbons (Fsp3) is 0.429. The average Bonchev–Trinajstić information content (AvgIpc) is 3.28. The van der Waals surface area contributed by atoms with E-state index in [9.17, 15) is 0 Å². The number of H-pyrrole nitrogens is 1. The van der Waals surface area contributed by atoms with E-state index in [0.29, 0.717) is 6.04 Å². The first-order chi connectivity index (χ1) is 12.6. The Balaban J connectivity index is 1.80. The molecule has 4 rings (SSSR count). The molecule has 1 fully saturated rings. The molecule has 2 aromatic heterocycles. The van der Waals surface area contributed by atoms with Crippen LogP contribution in [-0.2, 0) is 6.54 Å². The van der Waals surface area contributed by atoms with E-state index < -0.39 is 0 Å². The molecule has 0 saturated carbocycles. The largest absolute Gasteiger partial charge is 0.349 e. The van der Waals surface area contributed by atoms with Gasteiger partial charge in [0.05, 0.1) is 5.39 Å². The lowest BCUT2D eigenvalue weighted by atomic mass is 10.1. The van der Waals surface area contributed by atoms with Crippen LogP contribution in [-0.4, -0.2) is 34.1 Å². The number of aromatic nitrogens is 3. The molecule has 0 atom stereocenters. The summed E-state index contributed by atoms with van der Waals surface area (Å²) in [6.07, 6.45) is 2.44. The lowest BCUT2D eigenvalue weighted by Gasteiger charge is -2.29. The molecule has 0 radical (unpaired) electrons. The van der Waals surface area contributed by atoms with Crippen LogP contribution >= 0.6 is 0 Å². The average molecular weight is 349 g/mol. The molecule has 0 spiro atoms. The van der Waals surface area contributed by atoms with Crippen molar-refractivity contribution in [2.24, 2.45) is 0 Å². The number of rotatable bonds is 5. The van der Waals surface area contributed by atoms with Gasteiger partial charge in [-0.3, -0.25) is 0 Å². The molecule has 1 aliphatic rings. The van der Waals surface area contributed by atoms with Gasteiger partial charge in [-0.2, -0.15) is 9.97 Å². The van der Waals surface area contributed by atoms with Gasteiger partial charge in [-0.15, -0.1) is 0 Å². The topological polar surface area (TPSA) is 48.1 Å². The first kappa shape index (κ1) is 16.9. The summed E-state index contributed by atoms with van der Waals surface area (Å²) in [4.78, 5) is 18.0. The predicted molar refractivity (Wildman–Crippen MR) is 108 cm³/mol. The van der Waals surface area contributed by atoms with E-state index in [1.165, 1.54) is 18.4 Å². The van der Waals surface area contributed by atoms with Crippen LogP contribution < -0.4 is 9.80 Å². The third kappa shape index (κ3) is 3.26. The monoisotopic (exact) mass is 349 g/mol. The third-order valence-electron chi connectivity index (χ3n) is 5.07. The van der Waals surface area contributed by atoms with Crippen LogP contribution in [0.15, 0.2) is 36.4 Å². The van der Waals surface area contributed by atoms with Gasteiger partial charge in [0.15, 0.2) is 0 Å². The molecule has 3 aromatic rings. The zero-order chi connectivity index (χ0) is 18.1. The number of fused-ring (bicyclic) bond motifs is 1. The highest BCUT2D eigenvalue weighted by Gasteiger charge is 2.22. The molecule has 1 aromatic carbocycles. The number of nitrogens with zero attached hydrogens (tertiary/aromatic N) is 4. The number of aromatic amines is 1. The van der Waals surface area contributed by atoms with E-state index in [2.05, 4.69) is 72.0 Å². The predicted octanol–water partition coefficient (Wildman–Crippen LogP) is 4.28. The molecule has 1 aliphatic heterocycles. The van der Waals surface area contributed by atoms with Crippen molar-refractivity contribution in [3.63, 3.8) is 0 Å². The zero-order valence-corrected chi connectivity index (χ0v) is 15.9. The van der Waals surface area contributed by atoms with Crippen molar-refractivity contribution in [2.75, 3.05) is 22.9 Å². The quantitative estimate of drug-likeness (QED) is 0.747. The van der Waals surface area contributed by atoms with Gasteiger partial charge in [0.2, 0.25) is 5.95 Å². The van der Waals surface area contributed by atoms with Crippen LogP contribution in [0, 0.1) is 6.92 Å². The minimum absolute atomic E-state index is 0.343. The highest BCUT2D eigenvalue weighted by atomic mass is 15.3. The molecule has 0 amide bonds. The number of nitrogens with one attached hydrogen (secondary N) is 1. The molecule has 5 heteroatoms. The Bertz CT molecular complexity index is 878. The summed E-state index contributed by atoms with van der Waals surface area (Å²) in [5.41, 5.74) is 3.36. The van der Waals surface area contributed by atoms with Crippen LogP contribution in [0.1, 0.15) is 37.9 Å². The molecule has 1 saturated heterocycles. The number of hydrogen-bond donors (Lipinski definition) is 1. The number of benzene rings is 1. The summed E-state index contributed by atoms with van der Waals surface area (Å²) in [6, 6.07) is 13.1. The SMILES string of the molecule is Cc1cc2c(N(Cc3ccccc3)C(C)C)nc(N3CCCC3)nc2[nH]1. The fourth-order valence-electron chi connectivity index (χ4n) is 3.67. The van der Waals surface area contributed by atoms with E-state index >= 15 is 0 Å². The van der Waals surface area contributed by atoms with Gasteiger partial charge < -0.3 is 14.8 Å². The first-order valence-corrected chi connectivity index (χ1v) is 9.54. The van der Waals surface area contributed by atoms with Gasteiger partial charge in [0.25, 0.3) is 0 Å². The molecule has 26 heavy (non-hydrogen) atoms. The maximum absolute atomic E-state index is 5.03. The fourth-order valence-corrected chi connectivity index (χ4v) is 3.67. The Morgan fingerprint density at radius 1 is 1.12 bits per heavy atom. The van der Waals surface area contributed by atoms with Gasteiger partial charge in [0, 0.05) is 31.4 Å². The highest BCUT2D eigenvalue weighted by Crippen LogP contribution is 2.30. The van der Waals surface area contributed by atoms with E-state index in [0.717, 1.165) is 48.1 Å². The minimum atomic E-state index is 0.343. The van der Waals surface area contributed by atoms with Gasteiger partial charge in [0.1, 0.15) is 11.5 Å². The summed E-state index contributed by atoms with van der Waals surface area (Å²) in [5, 5.41) is 1.11. The molecule has 3 heterocycles. The third-order valence-corrected chi connectivity index (χ3v) is 5.07. The van der Waals surface area contributed by atoms with Crippen molar-refractivity contribution < 1.29 is 0 Å². The lowest BCUT2D eigenvalue weighted by Crippen LogP contribution is -2.32. The summed E-state index contributed by atoms with van der Waals surface area (Å²) >= 11 is 0. The van der Waals surface area contributed by atoms with Crippen LogP contribution in [0.2, 0.25) is 0 Å². The van der Waals surface area contributed by atoms with Crippen LogP contribution in [0.3, 0.4) is 0 Å². The molecule has 0 aliphatic carbocycles. The Morgan fingerprint density at radius 2 is 1.85 bits per heavy atom. The van der Waals surface area contributed by atoms with Crippen molar-refractivity contribution in [1.29, 1.82) is 0 Å². The van der Waals surface area contributed by atoms with Crippen molar-refractivity contribution in [1.82, 2.24) is 15.0 Å². The molecule has 5 nitrogen and oxygen atoms in total. The molecular formula is C21H27N5. The smallest absolute Gasteiger partial charge is 0.229 e. The lowest BCUT2D eigenvalue weighted by molar-refractivity contribution is 0.673. The Morgan fingerprint density at radius 3 is 2.54 bits per heavy atom. The van der Waals surface area contributed by atoms with E-state index in [1.54, 1.807) is 0 Å². The maximum atomic E-state index is 5.03. The summed E-state index contributed by atoms with van der Waals surface area (Å²) in [6.45, 7) is 9.47. The second kappa shape index (κ2) is 6.98. The van der Waals surface area contributed by atoms with Crippen LogP contribution in [0.25, 0.3) is 11.0 Å². The van der Waals surface area contributed by atoms with Gasteiger partial charge >= 0.3 is 0 Å². The second-order valence-corrected chi connectivity index (χ2v) is 7.46. The first-order valence-electron chi connectivity index (χ1n) is 9.54. The molecule has 136 valence electrons. The van der Waals surface area contributed by atoms with E-state index in [1.807, 2.05) is 0 Å².